The first-order valence-electron chi connectivity index (χ1n) is 8.78. The zero-order valence-corrected chi connectivity index (χ0v) is 17.8. The molecule has 25 heavy (non-hydrogen) atoms. The molecule has 4 atom stereocenters. The highest BCUT2D eigenvalue weighted by Crippen LogP contribution is 2.36. The minimum Gasteiger partial charge on any atom is -0.459 e. The summed E-state index contributed by atoms with van der Waals surface area (Å²) in [6, 6.07) is 6.85. The highest BCUT2D eigenvalue weighted by molar-refractivity contribution is 14.1. The van der Waals surface area contributed by atoms with E-state index in [9.17, 15) is 9.90 Å². The predicted octanol–water partition coefficient (Wildman–Crippen LogP) is 5.70. The number of esters is 1. The first kappa shape index (κ1) is 20.7. The Kier molecular flexibility index (Phi) is 7.77. The van der Waals surface area contributed by atoms with E-state index >= 15 is 0 Å². The predicted molar refractivity (Wildman–Crippen MR) is 110 cm³/mol. The van der Waals surface area contributed by atoms with Gasteiger partial charge < -0.3 is 9.84 Å². The highest BCUT2D eigenvalue weighted by atomic mass is 127. The lowest BCUT2D eigenvalue weighted by atomic mass is 9.75. The van der Waals surface area contributed by atoms with Gasteiger partial charge in [0.05, 0.1) is 5.57 Å². The fraction of sp³-hybridized carbons (Fsp3) is 0.550. The van der Waals surface area contributed by atoms with Crippen molar-refractivity contribution in [3.8, 4) is 0 Å². The number of hydrogen-bond acceptors (Lipinski definition) is 3. The van der Waals surface area contributed by atoms with E-state index in [0.717, 1.165) is 12.8 Å². The topological polar surface area (TPSA) is 46.5 Å². The molecular weight excluding hydrogens is 451 g/mol. The number of aliphatic hydroxyl groups is 1. The van der Waals surface area contributed by atoms with E-state index in [0.29, 0.717) is 28.3 Å². The second-order valence-electron chi connectivity index (χ2n) is 7.29. The molecule has 5 heteroatoms. The molecule has 0 aliphatic heterocycles. The van der Waals surface area contributed by atoms with Crippen molar-refractivity contribution in [1.82, 2.24) is 0 Å². The number of aliphatic hydroxyl groups excluding tert-OH is 1. The third-order valence-corrected chi connectivity index (χ3v) is 5.98. The van der Waals surface area contributed by atoms with Gasteiger partial charge in [-0.2, -0.15) is 0 Å². The van der Waals surface area contributed by atoms with E-state index in [1.807, 2.05) is 22.6 Å². The van der Waals surface area contributed by atoms with Gasteiger partial charge in [0, 0.05) is 5.02 Å². The van der Waals surface area contributed by atoms with E-state index in [-0.39, 0.29) is 11.7 Å². The molecule has 0 aromatic heterocycles. The van der Waals surface area contributed by atoms with Crippen LogP contribution in [0.25, 0.3) is 0 Å². The van der Waals surface area contributed by atoms with Crippen LogP contribution >= 0.6 is 34.2 Å². The van der Waals surface area contributed by atoms with Crippen molar-refractivity contribution in [3.63, 3.8) is 0 Å². The van der Waals surface area contributed by atoms with Crippen molar-refractivity contribution in [2.75, 3.05) is 0 Å². The Morgan fingerprint density at radius 2 is 1.96 bits per heavy atom. The van der Waals surface area contributed by atoms with Crippen LogP contribution in [0.5, 0.6) is 0 Å². The lowest BCUT2D eigenvalue weighted by Gasteiger charge is -2.37. The number of carbonyl (C=O) groups excluding carboxylic acids is 1. The van der Waals surface area contributed by atoms with Crippen molar-refractivity contribution in [1.29, 1.82) is 0 Å². The third kappa shape index (κ3) is 5.44. The average molecular weight is 477 g/mol. The van der Waals surface area contributed by atoms with Gasteiger partial charge in [0.2, 0.25) is 0 Å². The maximum absolute atomic E-state index is 12.7. The molecule has 138 valence electrons. The number of benzene rings is 1. The first-order chi connectivity index (χ1) is 11.8. The molecule has 0 radical (unpaired) electrons. The van der Waals surface area contributed by atoms with Gasteiger partial charge in [-0.15, -0.1) is 0 Å². The van der Waals surface area contributed by atoms with Gasteiger partial charge >= 0.3 is 5.97 Å². The van der Waals surface area contributed by atoms with Gasteiger partial charge in [-0.25, -0.2) is 4.79 Å². The Morgan fingerprint density at radius 3 is 2.52 bits per heavy atom. The molecule has 0 amide bonds. The number of ether oxygens (including phenoxy) is 1. The molecule has 0 saturated heterocycles. The third-order valence-electron chi connectivity index (χ3n) is 5.05. The average Bonchev–Trinajstić information content (AvgIpc) is 2.55. The lowest BCUT2D eigenvalue weighted by molar-refractivity contribution is -0.152. The van der Waals surface area contributed by atoms with Crippen LogP contribution in [0, 0.1) is 17.8 Å². The highest BCUT2D eigenvalue weighted by Gasteiger charge is 2.34. The van der Waals surface area contributed by atoms with Crippen LogP contribution in [0.1, 0.15) is 51.7 Å². The van der Waals surface area contributed by atoms with E-state index in [2.05, 4.69) is 20.8 Å². The number of hydrogen-bond donors (Lipinski definition) is 1. The smallest absolute Gasteiger partial charge is 0.337 e. The molecule has 1 aromatic rings. The van der Waals surface area contributed by atoms with Crippen LogP contribution in [-0.4, -0.2) is 17.2 Å². The molecular formula is C20H26ClIO3. The lowest BCUT2D eigenvalue weighted by Crippen LogP contribution is -2.36. The summed E-state index contributed by atoms with van der Waals surface area (Å²) in [4.78, 5) is 12.7. The molecule has 1 saturated carbocycles. The summed E-state index contributed by atoms with van der Waals surface area (Å²) in [6.07, 6.45) is 2.05. The van der Waals surface area contributed by atoms with Crippen LogP contribution in [-0.2, 0) is 9.53 Å². The number of rotatable bonds is 5. The molecule has 0 heterocycles. The molecule has 0 bridgehead atoms. The minimum atomic E-state index is -1.01. The molecule has 1 fully saturated rings. The number of halogens is 2. The monoisotopic (exact) mass is 476 g/mol. The van der Waals surface area contributed by atoms with E-state index in [1.54, 1.807) is 28.3 Å². The summed E-state index contributed by atoms with van der Waals surface area (Å²) in [5.41, 5.74) is 0.894. The standard InChI is InChI=1S/C20H26ClIO3/c1-12(2)16-9-4-13(3)10-18(16)25-20(24)17(11-22)19(23)14-5-7-15(21)8-6-14/h5-8,11-13,16,18-19,23H,4,9-10H2,1-3H3/b17-11-/t13-,16+,18-,19-/m1/s1. The summed E-state index contributed by atoms with van der Waals surface area (Å²) >= 11 is 7.87. The summed E-state index contributed by atoms with van der Waals surface area (Å²) in [6.45, 7) is 6.56. The van der Waals surface area contributed by atoms with Crippen molar-refractivity contribution < 1.29 is 14.6 Å². The van der Waals surface area contributed by atoms with Crippen molar-refractivity contribution >= 4 is 40.2 Å². The first-order valence-corrected chi connectivity index (χ1v) is 10.4. The number of carbonyl (C=O) groups is 1. The van der Waals surface area contributed by atoms with Crippen molar-refractivity contribution in [3.05, 3.63) is 44.5 Å². The zero-order chi connectivity index (χ0) is 18.6. The summed E-state index contributed by atoms with van der Waals surface area (Å²) in [5, 5.41) is 11.2. The van der Waals surface area contributed by atoms with Gasteiger partial charge in [-0.3, -0.25) is 0 Å². The van der Waals surface area contributed by atoms with Gasteiger partial charge in [0.15, 0.2) is 0 Å². The van der Waals surface area contributed by atoms with Gasteiger partial charge in [-0.1, -0.05) is 73.5 Å². The van der Waals surface area contributed by atoms with Crippen molar-refractivity contribution in [2.24, 2.45) is 17.8 Å². The maximum Gasteiger partial charge on any atom is 0.337 e. The van der Waals surface area contributed by atoms with Crippen molar-refractivity contribution in [2.45, 2.75) is 52.2 Å². The van der Waals surface area contributed by atoms with E-state index in [1.165, 1.54) is 6.42 Å². The van der Waals surface area contributed by atoms with Crippen LogP contribution < -0.4 is 0 Å². The van der Waals surface area contributed by atoms with E-state index < -0.39 is 12.1 Å². The Morgan fingerprint density at radius 1 is 1.32 bits per heavy atom. The van der Waals surface area contributed by atoms with E-state index in [4.69, 9.17) is 16.3 Å². The van der Waals surface area contributed by atoms with Crippen LogP contribution in [0.3, 0.4) is 0 Å². The SMILES string of the molecule is CC(C)[C@@H]1CC[C@@H](C)C[C@H]1OC(=O)/C(=C\I)[C@H](O)c1ccc(Cl)cc1. The Hall–Kier alpha value is -0.590. The molecule has 0 spiro atoms. The quantitative estimate of drug-likeness (QED) is 0.337. The largest absolute Gasteiger partial charge is 0.459 e. The minimum absolute atomic E-state index is 0.0833. The van der Waals surface area contributed by atoms with Crippen LogP contribution in [0.4, 0.5) is 0 Å². The normalized spacial score (nSPS) is 25.7. The zero-order valence-electron chi connectivity index (χ0n) is 14.9. The molecule has 1 N–H and O–H groups in total. The van der Waals surface area contributed by atoms with Crippen LogP contribution in [0.2, 0.25) is 5.02 Å². The van der Waals surface area contributed by atoms with Gasteiger partial charge in [-0.05, 0) is 52.4 Å². The molecule has 1 aliphatic rings. The second kappa shape index (κ2) is 9.38. The Labute approximate surface area is 168 Å². The molecule has 3 nitrogen and oxygen atoms in total. The summed E-state index contributed by atoms with van der Waals surface area (Å²) in [7, 11) is 0. The molecule has 1 aromatic carbocycles. The maximum atomic E-state index is 12.7. The summed E-state index contributed by atoms with van der Waals surface area (Å²) in [5.74, 6) is 0.976. The van der Waals surface area contributed by atoms with Crippen LogP contribution in [0.15, 0.2) is 33.9 Å². The second-order valence-corrected chi connectivity index (χ2v) is 8.35. The molecule has 1 aliphatic carbocycles. The fourth-order valence-electron chi connectivity index (χ4n) is 3.50. The Balaban J connectivity index is 2.12. The van der Waals surface area contributed by atoms with Gasteiger partial charge in [0.1, 0.15) is 12.2 Å². The molecule has 0 unspecified atom stereocenters. The fourth-order valence-corrected chi connectivity index (χ4v) is 4.22. The Bertz CT molecular complexity index is 612. The summed E-state index contributed by atoms with van der Waals surface area (Å²) < 4.78 is 7.46. The molecule has 2 rings (SSSR count). The van der Waals surface area contributed by atoms with Gasteiger partial charge in [0.25, 0.3) is 0 Å².